The predicted molar refractivity (Wildman–Crippen MR) is 86.4 cm³/mol. The van der Waals surface area contributed by atoms with E-state index in [2.05, 4.69) is 0 Å². The van der Waals surface area contributed by atoms with Gasteiger partial charge in [0.2, 0.25) is 5.91 Å². The van der Waals surface area contributed by atoms with Gasteiger partial charge in [0.15, 0.2) is 5.79 Å². The van der Waals surface area contributed by atoms with Crippen molar-refractivity contribution in [3.8, 4) is 5.75 Å². The molecule has 0 atom stereocenters. The Kier molecular flexibility index (Phi) is 5.18. The van der Waals surface area contributed by atoms with Gasteiger partial charge in [0.05, 0.1) is 20.3 Å². The maximum absolute atomic E-state index is 12.4. The molecule has 0 radical (unpaired) electrons. The number of aryl methyl sites for hydroxylation is 1. The fourth-order valence-electron chi connectivity index (χ4n) is 3.31. The van der Waals surface area contributed by atoms with Crippen LogP contribution in [0.4, 0.5) is 0 Å². The van der Waals surface area contributed by atoms with Gasteiger partial charge in [0.25, 0.3) is 0 Å². The summed E-state index contributed by atoms with van der Waals surface area (Å²) in [4.78, 5) is 14.4. The van der Waals surface area contributed by atoms with Gasteiger partial charge in [-0.1, -0.05) is 18.2 Å². The number of carbonyl (C=O) groups is 1. The van der Waals surface area contributed by atoms with Gasteiger partial charge in [-0.3, -0.25) is 4.79 Å². The molecule has 2 aliphatic rings. The highest BCUT2D eigenvalue weighted by atomic mass is 16.7. The lowest BCUT2D eigenvalue weighted by Gasteiger charge is -2.43. The fourth-order valence-corrected chi connectivity index (χ4v) is 3.31. The van der Waals surface area contributed by atoms with E-state index in [1.54, 1.807) is 7.11 Å². The standard InChI is InChI=1S/C18H25NO4/c1-21-16-6-3-2-5-15(16)7-8-17(20)19-11-9-18(10-12-19)22-13-4-14-23-18/h2-3,5-6H,4,7-14H2,1H3. The molecule has 1 spiro atoms. The number of rotatable bonds is 4. The van der Waals surface area contributed by atoms with Crippen LogP contribution in [0.15, 0.2) is 24.3 Å². The first kappa shape index (κ1) is 16.3. The first-order chi connectivity index (χ1) is 11.2. The van der Waals surface area contributed by atoms with Crippen LogP contribution in [0.3, 0.4) is 0 Å². The Morgan fingerprint density at radius 2 is 1.91 bits per heavy atom. The van der Waals surface area contributed by atoms with Crippen LogP contribution >= 0.6 is 0 Å². The van der Waals surface area contributed by atoms with Gasteiger partial charge in [-0.15, -0.1) is 0 Å². The summed E-state index contributed by atoms with van der Waals surface area (Å²) in [6.07, 6.45) is 3.72. The number of piperidine rings is 1. The van der Waals surface area contributed by atoms with Crippen LogP contribution in [0.5, 0.6) is 5.75 Å². The highest BCUT2D eigenvalue weighted by Gasteiger charge is 2.39. The number of hydrogen-bond acceptors (Lipinski definition) is 4. The third-order valence-electron chi connectivity index (χ3n) is 4.70. The minimum Gasteiger partial charge on any atom is -0.496 e. The molecule has 2 saturated heterocycles. The maximum Gasteiger partial charge on any atom is 0.222 e. The molecule has 3 rings (SSSR count). The number of amides is 1. The Hall–Kier alpha value is -1.59. The Labute approximate surface area is 137 Å². The van der Waals surface area contributed by atoms with Crippen LogP contribution in [0, 0.1) is 0 Å². The van der Waals surface area contributed by atoms with Crippen molar-refractivity contribution in [1.82, 2.24) is 4.90 Å². The minimum atomic E-state index is -0.433. The molecule has 2 aliphatic heterocycles. The first-order valence-corrected chi connectivity index (χ1v) is 8.40. The molecular formula is C18H25NO4. The topological polar surface area (TPSA) is 48.0 Å². The van der Waals surface area contributed by atoms with E-state index in [9.17, 15) is 4.79 Å². The summed E-state index contributed by atoms with van der Waals surface area (Å²) >= 11 is 0. The first-order valence-electron chi connectivity index (χ1n) is 8.40. The van der Waals surface area contributed by atoms with Crippen molar-refractivity contribution in [1.29, 1.82) is 0 Å². The second kappa shape index (κ2) is 7.32. The molecule has 2 heterocycles. The van der Waals surface area contributed by atoms with Crippen molar-refractivity contribution in [2.24, 2.45) is 0 Å². The molecule has 1 amide bonds. The van der Waals surface area contributed by atoms with Crippen molar-refractivity contribution in [3.63, 3.8) is 0 Å². The lowest BCUT2D eigenvalue weighted by Crippen LogP contribution is -2.51. The zero-order chi connectivity index (χ0) is 16.1. The predicted octanol–water partition coefficient (Wildman–Crippen LogP) is 2.38. The normalized spacial score (nSPS) is 20.5. The quantitative estimate of drug-likeness (QED) is 0.855. The summed E-state index contributed by atoms with van der Waals surface area (Å²) in [7, 11) is 1.66. The average molecular weight is 319 g/mol. The van der Waals surface area contributed by atoms with E-state index in [0.29, 0.717) is 25.9 Å². The zero-order valence-corrected chi connectivity index (χ0v) is 13.8. The molecule has 23 heavy (non-hydrogen) atoms. The number of nitrogens with zero attached hydrogens (tertiary/aromatic N) is 1. The Morgan fingerprint density at radius 3 is 2.61 bits per heavy atom. The molecule has 0 saturated carbocycles. The van der Waals surface area contributed by atoms with Gasteiger partial charge in [-0.2, -0.15) is 0 Å². The van der Waals surface area contributed by atoms with Gasteiger partial charge in [-0.05, 0) is 24.5 Å². The third-order valence-corrected chi connectivity index (χ3v) is 4.70. The fraction of sp³-hybridized carbons (Fsp3) is 0.611. The minimum absolute atomic E-state index is 0.196. The third kappa shape index (κ3) is 3.85. The van der Waals surface area contributed by atoms with Crippen LogP contribution in [0.2, 0.25) is 0 Å². The summed E-state index contributed by atoms with van der Waals surface area (Å²) in [5, 5.41) is 0. The number of benzene rings is 1. The monoisotopic (exact) mass is 319 g/mol. The SMILES string of the molecule is COc1ccccc1CCC(=O)N1CCC2(CC1)OCCCO2. The van der Waals surface area contributed by atoms with Gasteiger partial charge in [0, 0.05) is 32.4 Å². The van der Waals surface area contributed by atoms with Crippen LogP contribution in [0.1, 0.15) is 31.2 Å². The molecule has 5 nitrogen and oxygen atoms in total. The summed E-state index contributed by atoms with van der Waals surface area (Å²) in [6.45, 7) is 2.96. The van der Waals surface area contributed by atoms with Gasteiger partial charge in [0.1, 0.15) is 5.75 Å². The number of methoxy groups -OCH3 is 1. The van der Waals surface area contributed by atoms with E-state index in [1.807, 2.05) is 29.2 Å². The van der Waals surface area contributed by atoms with Crippen LogP contribution in [-0.4, -0.2) is 50.0 Å². The summed E-state index contributed by atoms with van der Waals surface area (Å²) in [5.74, 6) is 0.612. The van der Waals surface area contributed by atoms with Crippen molar-refractivity contribution >= 4 is 5.91 Å². The van der Waals surface area contributed by atoms with E-state index in [-0.39, 0.29) is 5.91 Å². The summed E-state index contributed by atoms with van der Waals surface area (Å²) in [6, 6.07) is 7.87. The van der Waals surface area contributed by atoms with E-state index >= 15 is 0 Å². The smallest absolute Gasteiger partial charge is 0.222 e. The zero-order valence-electron chi connectivity index (χ0n) is 13.8. The van der Waals surface area contributed by atoms with Gasteiger partial charge < -0.3 is 19.1 Å². The summed E-state index contributed by atoms with van der Waals surface area (Å²) in [5.41, 5.74) is 1.08. The van der Waals surface area contributed by atoms with Crippen molar-refractivity contribution in [3.05, 3.63) is 29.8 Å². The van der Waals surface area contributed by atoms with Crippen molar-refractivity contribution in [2.45, 2.75) is 37.9 Å². The van der Waals surface area contributed by atoms with Gasteiger partial charge >= 0.3 is 0 Å². The second-order valence-corrected chi connectivity index (χ2v) is 6.15. The highest BCUT2D eigenvalue weighted by Crippen LogP contribution is 2.31. The Morgan fingerprint density at radius 1 is 1.22 bits per heavy atom. The highest BCUT2D eigenvalue weighted by molar-refractivity contribution is 5.76. The lowest BCUT2D eigenvalue weighted by atomic mass is 10.0. The molecule has 0 bridgehead atoms. The second-order valence-electron chi connectivity index (χ2n) is 6.15. The maximum atomic E-state index is 12.4. The molecule has 126 valence electrons. The van der Waals surface area contributed by atoms with Crippen LogP contribution in [-0.2, 0) is 20.7 Å². The molecule has 0 aliphatic carbocycles. The Bertz CT molecular complexity index is 530. The van der Waals surface area contributed by atoms with E-state index in [4.69, 9.17) is 14.2 Å². The Balaban J connectivity index is 1.50. The molecular weight excluding hydrogens is 294 g/mol. The van der Waals surface area contributed by atoms with Crippen LogP contribution in [0.25, 0.3) is 0 Å². The van der Waals surface area contributed by atoms with E-state index in [1.165, 1.54) is 0 Å². The lowest BCUT2D eigenvalue weighted by molar-refractivity contribution is -0.282. The number of ether oxygens (including phenoxy) is 3. The van der Waals surface area contributed by atoms with Crippen LogP contribution < -0.4 is 4.74 Å². The van der Waals surface area contributed by atoms with E-state index in [0.717, 1.165) is 43.8 Å². The molecule has 0 N–H and O–H groups in total. The largest absolute Gasteiger partial charge is 0.496 e. The van der Waals surface area contributed by atoms with E-state index < -0.39 is 5.79 Å². The number of likely N-dealkylation sites (tertiary alicyclic amines) is 1. The molecule has 0 unspecified atom stereocenters. The molecule has 1 aromatic carbocycles. The van der Waals surface area contributed by atoms with Crippen molar-refractivity contribution < 1.29 is 19.0 Å². The van der Waals surface area contributed by atoms with Gasteiger partial charge in [-0.25, -0.2) is 0 Å². The van der Waals surface area contributed by atoms with Crippen molar-refractivity contribution in [2.75, 3.05) is 33.4 Å². The molecule has 5 heteroatoms. The number of para-hydroxylation sites is 1. The number of carbonyl (C=O) groups excluding carboxylic acids is 1. The average Bonchev–Trinajstić information content (AvgIpc) is 2.61. The molecule has 0 aromatic heterocycles. The number of hydrogen-bond donors (Lipinski definition) is 0. The molecule has 2 fully saturated rings. The molecule has 1 aromatic rings. The summed E-state index contributed by atoms with van der Waals surface area (Å²) < 4.78 is 17.0.